The highest BCUT2D eigenvalue weighted by Gasteiger charge is 2.30. The van der Waals surface area contributed by atoms with Gasteiger partial charge in [0.1, 0.15) is 11.9 Å². The van der Waals surface area contributed by atoms with Crippen LogP contribution < -0.4 is 5.32 Å². The molecule has 4 nitrogen and oxygen atoms in total. The van der Waals surface area contributed by atoms with Crippen molar-refractivity contribution >= 4 is 22.9 Å². The first-order valence-electron chi connectivity index (χ1n) is 2.33. The van der Waals surface area contributed by atoms with Crippen LogP contribution in [0.3, 0.4) is 0 Å². The largest absolute Gasteiger partial charge is 0.286 e. The van der Waals surface area contributed by atoms with Gasteiger partial charge in [-0.1, -0.05) is 0 Å². The molecule has 5 heteroatoms. The van der Waals surface area contributed by atoms with Gasteiger partial charge >= 0.3 is 0 Å². The van der Waals surface area contributed by atoms with Crippen LogP contribution in [0.2, 0.25) is 0 Å². The van der Waals surface area contributed by atoms with Gasteiger partial charge in [0, 0.05) is 0 Å². The number of hydrogen-bond acceptors (Lipinski definition) is 3. The molecule has 9 heavy (non-hydrogen) atoms. The van der Waals surface area contributed by atoms with Crippen molar-refractivity contribution in [2.45, 2.75) is 5.25 Å². The van der Waals surface area contributed by atoms with E-state index in [-0.39, 0.29) is 0 Å². The molecule has 1 fully saturated rings. The lowest BCUT2D eigenvalue weighted by atomic mass is 10.4. The summed E-state index contributed by atoms with van der Waals surface area (Å²) >= 11 is 0.762. The summed E-state index contributed by atoms with van der Waals surface area (Å²) in [7, 11) is 0. The molecule has 1 N–H and O–H groups in total. The van der Waals surface area contributed by atoms with Crippen molar-refractivity contribution in [2.24, 2.45) is 0 Å². The third kappa shape index (κ3) is 1.22. The molecular weight excluding hydrogens is 142 g/mol. The molecule has 1 atom stereocenters. The van der Waals surface area contributed by atoms with Crippen LogP contribution in [0.25, 0.3) is 0 Å². The van der Waals surface area contributed by atoms with Crippen molar-refractivity contribution in [3.05, 3.63) is 0 Å². The van der Waals surface area contributed by atoms with Crippen LogP contribution in [0.5, 0.6) is 0 Å². The van der Waals surface area contributed by atoms with E-state index >= 15 is 0 Å². The smallest absolute Gasteiger partial charge is 0.286 e. The van der Waals surface area contributed by atoms with E-state index in [1.54, 1.807) is 0 Å². The topological polar surface area (TPSA) is 66.1 Å². The Hall–Kier alpha value is -0.550. The standard InChI is InChI=1S/C4H4NO3S/c6-1-2-3(7)5-4(8)9-2/h2H,1H2,(H,5,7,8). The van der Waals surface area contributed by atoms with Crippen LogP contribution in [0.4, 0.5) is 4.79 Å². The molecule has 1 unspecified atom stereocenters. The van der Waals surface area contributed by atoms with Gasteiger partial charge in [0.25, 0.3) is 5.24 Å². The van der Waals surface area contributed by atoms with Gasteiger partial charge in [-0.15, -0.1) is 0 Å². The zero-order chi connectivity index (χ0) is 6.85. The third-order valence-electron chi connectivity index (χ3n) is 0.918. The highest BCUT2D eigenvalue weighted by atomic mass is 32.2. The van der Waals surface area contributed by atoms with Gasteiger partial charge in [-0.2, -0.15) is 0 Å². The summed E-state index contributed by atoms with van der Waals surface area (Å²) in [4.78, 5) is 20.8. The second-order valence-electron chi connectivity index (χ2n) is 1.55. The number of carbonyl (C=O) groups is 2. The first kappa shape index (κ1) is 6.57. The molecule has 1 aliphatic heterocycles. The van der Waals surface area contributed by atoms with Crippen molar-refractivity contribution in [1.29, 1.82) is 0 Å². The molecule has 0 aromatic carbocycles. The number of imide groups is 1. The Morgan fingerprint density at radius 2 is 2.22 bits per heavy atom. The summed E-state index contributed by atoms with van der Waals surface area (Å²) in [5, 5.41) is 10.9. The number of rotatable bonds is 1. The van der Waals surface area contributed by atoms with Crippen LogP contribution in [0.15, 0.2) is 0 Å². The zero-order valence-electron chi connectivity index (χ0n) is 4.42. The molecular formula is C4H4NO3S. The SMILES string of the molecule is [O]CC1SC(=O)NC1=O. The Kier molecular flexibility index (Phi) is 1.73. The van der Waals surface area contributed by atoms with Crippen molar-refractivity contribution in [3.63, 3.8) is 0 Å². The van der Waals surface area contributed by atoms with Gasteiger partial charge in [0.2, 0.25) is 5.91 Å². The number of amides is 2. The van der Waals surface area contributed by atoms with E-state index in [2.05, 4.69) is 0 Å². The third-order valence-corrected chi connectivity index (χ3v) is 1.87. The van der Waals surface area contributed by atoms with E-state index in [1.807, 2.05) is 5.32 Å². The monoisotopic (exact) mass is 146 g/mol. The van der Waals surface area contributed by atoms with Gasteiger partial charge in [-0.25, -0.2) is 5.11 Å². The summed E-state index contributed by atoms with van der Waals surface area (Å²) in [5.74, 6) is -0.458. The molecule has 0 aliphatic carbocycles. The highest BCUT2D eigenvalue weighted by Crippen LogP contribution is 2.17. The second-order valence-corrected chi connectivity index (χ2v) is 2.73. The van der Waals surface area contributed by atoms with Gasteiger partial charge in [-0.3, -0.25) is 14.9 Å². The molecule has 0 saturated carbocycles. The molecule has 2 amide bonds. The van der Waals surface area contributed by atoms with Crippen molar-refractivity contribution in [3.8, 4) is 0 Å². The van der Waals surface area contributed by atoms with Gasteiger partial charge in [-0.05, 0) is 11.8 Å². The molecule has 0 spiro atoms. The molecule has 1 saturated heterocycles. The molecule has 0 bridgehead atoms. The average Bonchev–Trinajstić information content (AvgIpc) is 2.10. The number of nitrogens with one attached hydrogen (secondary N) is 1. The molecule has 0 aromatic rings. The first-order valence-corrected chi connectivity index (χ1v) is 3.21. The average molecular weight is 146 g/mol. The lowest BCUT2D eigenvalue weighted by Gasteiger charge is -1.92. The summed E-state index contributed by atoms with van der Waals surface area (Å²) in [6, 6.07) is 0. The maximum atomic E-state index is 10.5. The fourth-order valence-electron chi connectivity index (χ4n) is 0.503. The number of thioether (sulfide) groups is 1. The summed E-state index contributed by atoms with van der Waals surface area (Å²) in [6.07, 6.45) is 0. The van der Waals surface area contributed by atoms with Crippen LogP contribution in [-0.2, 0) is 9.90 Å². The van der Waals surface area contributed by atoms with E-state index in [9.17, 15) is 14.7 Å². The molecule has 1 rings (SSSR count). The Bertz CT molecular complexity index is 158. The van der Waals surface area contributed by atoms with Crippen molar-refractivity contribution in [1.82, 2.24) is 5.32 Å². The van der Waals surface area contributed by atoms with E-state index in [0.717, 1.165) is 11.8 Å². The van der Waals surface area contributed by atoms with E-state index in [4.69, 9.17) is 0 Å². The molecule has 1 aliphatic rings. The van der Waals surface area contributed by atoms with Crippen molar-refractivity contribution < 1.29 is 14.7 Å². The first-order chi connectivity index (χ1) is 4.24. The fraction of sp³-hybridized carbons (Fsp3) is 0.500. The Balaban J connectivity index is 2.58. The van der Waals surface area contributed by atoms with Gasteiger partial charge in [0.05, 0.1) is 0 Å². The molecule has 0 aromatic heterocycles. The van der Waals surface area contributed by atoms with E-state index < -0.39 is 23.0 Å². The second kappa shape index (κ2) is 2.36. The quantitative estimate of drug-likeness (QED) is 0.555. The minimum absolute atomic E-state index is 0.416. The van der Waals surface area contributed by atoms with E-state index in [0.29, 0.717) is 0 Å². The Labute approximate surface area is 55.6 Å². The lowest BCUT2D eigenvalue weighted by molar-refractivity contribution is -0.119. The lowest BCUT2D eigenvalue weighted by Crippen LogP contribution is -2.25. The maximum Gasteiger partial charge on any atom is 0.286 e. The molecule has 1 radical (unpaired) electrons. The molecule has 49 valence electrons. The fourth-order valence-corrected chi connectivity index (χ4v) is 1.15. The van der Waals surface area contributed by atoms with Crippen LogP contribution >= 0.6 is 11.8 Å². The predicted molar refractivity (Wildman–Crippen MR) is 30.5 cm³/mol. The predicted octanol–water partition coefficient (Wildman–Crippen LogP) is -0.231. The Morgan fingerprint density at radius 1 is 1.56 bits per heavy atom. The Morgan fingerprint density at radius 3 is 2.44 bits per heavy atom. The molecule has 1 heterocycles. The van der Waals surface area contributed by atoms with E-state index in [1.165, 1.54) is 0 Å². The highest BCUT2D eigenvalue weighted by molar-refractivity contribution is 8.15. The maximum absolute atomic E-state index is 10.5. The van der Waals surface area contributed by atoms with Gasteiger partial charge in [0.15, 0.2) is 0 Å². The zero-order valence-corrected chi connectivity index (χ0v) is 5.23. The minimum atomic E-state index is -0.697. The summed E-state index contributed by atoms with van der Waals surface area (Å²) in [5.41, 5.74) is 0. The minimum Gasteiger partial charge on any atom is -0.286 e. The van der Waals surface area contributed by atoms with Gasteiger partial charge < -0.3 is 0 Å². The number of carbonyl (C=O) groups excluding carboxylic acids is 2. The van der Waals surface area contributed by atoms with Crippen LogP contribution in [0.1, 0.15) is 0 Å². The normalized spacial score (nSPS) is 26.6. The summed E-state index contributed by atoms with van der Waals surface area (Å²) < 4.78 is 0. The van der Waals surface area contributed by atoms with Crippen LogP contribution in [0, 0.1) is 0 Å². The summed E-state index contributed by atoms with van der Waals surface area (Å²) in [6.45, 7) is -0.526. The van der Waals surface area contributed by atoms with Crippen LogP contribution in [-0.4, -0.2) is 23.0 Å². The number of hydrogen-bond donors (Lipinski definition) is 1. The van der Waals surface area contributed by atoms with Crippen molar-refractivity contribution in [2.75, 3.05) is 6.61 Å².